The Morgan fingerprint density at radius 2 is 1.97 bits per heavy atom. The fraction of sp³-hybridized carbons (Fsp3) is 0.286. The van der Waals surface area contributed by atoms with Crippen molar-refractivity contribution in [2.45, 2.75) is 0 Å². The molecule has 8 heteroatoms. The van der Waals surface area contributed by atoms with Crippen LogP contribution in [0.3, 0.4) is 0 Å². The van der Waals surface area contributed by atoms with Crippen LogP contribution in [-0.4, -0.2) is 50.2 Å². The summed E-state index contributed by atoms with van der Waals surface area (Å²) >= 11 is 0. The van der Waals surface area contributed by atoms with E-state index in [1.807, 2.05) is 0 Å². The summed E-state index contributed by atoms with van der Waals surface area (Å²) in [5.41, 5.74) is 2.33. The van der Waals surface area contributed by atoms with Crippen molar-refractivity contribution in [3.63, 3.8) is 0 Å². The van der Waals surface area contributed by atoms with Crippen molar-refractivity contribution in [1.82, 2.24) is 4.90 Å². The second-order valence-electron chi connectivity index (χ2n) is 6.92. The molecular formula is C21H22F2N4O2. The number of hydrogen-bond acceptors (Lipinski definition) is 5. The molecule has 0 radical (unpaired) electrons. The minimum atomic E-state index is -0.419. The Labute approximate surface area is 167 Å². The van der Waals surface area contributed by atoms with Gasteiger partial charge < -0.3 is 20.7 Å². The van der Waals surface area contributed by atoms with Gasteiger partial charge in [-0.15, -0.1) is 0 Å². The topological polar surface area (TPSA) is 65.6 Å². The highest BCUT2D eigenvalue weighted by molar-refractivity contribution is 6.31. The zero-order valence-electron chi connectivity index (χ0n) is 15.8. The van der Waals surface area contributed by atoms with Crippen LogP contribution in [0, 0.1) is 11.6 Å². The molecule has 0 saturated carbocycles. The minimum absolute atomic E-state index is 0.333. The van der Waals surface area contributed by atoms with Gasteiger partial charge in [0.15, 0.2) is 0 Å². The van der Waals surface area contributed by atoms with Gasteiger partial charge in [-0.1, -0.05) is 0 Å². The number of carbonyl (C=O) groups is 1. The first-order chi connectivity index (χ1) is 14.1. The lowest BCUT2D eigenvalue weighted by molar-refractivity contribution is -0.110. The molecule has 4 rings (SSSR count). The van der Waals surface area contributed by atoms with Crippen LogP contribution in [0.25, 0.3) is 5.57 Å². The number of amides is 1. The summed E-state index contributed by atoms with van der Waals surface area (Å²) in [4.78, 5) is 14.4. The van der Waals surface area contributed by atoms with Gasteiger partial charge >= 0.3 is 0 Å². The highest BCUT2D eigenvalue weighted by atomic mass is 19.1. The van der Waals surface area contributed by atoms with Gasteiger partial charge in [0.2, 0.25) is 0 Å². The Kier molecular flexibility index (Phi) is 5.73. The van der Waals surface area contributed by atoms with Crippen molar-refractivity contribution in [2.75, 3.05) is 55.3 Å². The quantitative estimate of drug-likeness (QED) is 0.651. The van der Waals surface area contributed by atoms with Gasteiger partial charge in [0, 0.05) is 43.6 Å². The zero-order chi connectivity index (χ0) is 20.2. The predicted molar refractivity (Wildman–Crippen MR) is 109 cm³/mol. The van der Waals surface area contributed by atoms with E-state index in [0.717, 1.165) is 32.8 Å². The van der Waals surface area contributed by atoms with E-state index >= 15 is 0 Å². The Hall–Kier alpha value is -2.97. The van der Waals surface area contributed by atoms with Crippen molar-refractivity contribution in [3.05, 3.63) is 59.8 Å². The first-order valence-corrected chi connectivity index (χ1v) is 9.52. The largest absolute Gasteiger partial charge is 0.381 e. The molecule has 2 aliphatic rings. The maximum atomic E-state index is 14.4. The number of morpholine rings is 1. The molecule has 6 nitrogen and oxygen atoms in total. The van der Waals surface area contributed by atoms with Crippen molar-refractivity contribution in [1.29, 1.82) is 0 Å². The molecule has 2 aliphatic heterocycles. The molecule has 2 aromatic carbocycles. The summed E-state index contributed by atoms with van der Waals surface area (Å²) < 4.78 is 33.0. The Morgan fingerprint density at radius 3 is 2.76 bits per heavy atom. The van der Waals surface area contributed by atoms with Crippen LogP contribution in [0.15, 0.2) is 42.6 Å². The SMILES string of the molecule is O=C1Nc2cc(F)ccc2/C1=C\Nc1ccc(NCCN2CCOCC2)c(F)c1. The van der Waals surface area contributed by atoms with Crippen LogP contribution >= 0.6 is 0 Å². The van der Waals surface area contributed by atoms with Crippen LogP contribution < -0.4 is 16.0 Å². The molecule has 2 aromatic rings. The minimum Gasteiger partial charge on any atom is -0.381 e. The average molecular weight is 400 g/mol. The number of ether oxygens (including phenoxy) is 1. The molecule has 1 amide bonds. The molecular weight excluding hydrogens is 378 g/mol. The van der Waals surface area contributed by atoms with Crippen LogP contribution in [0.4, 0.5) is 25.8 Å². The van der Waals surface area contributed by atoms with Crippen LogP contribution in [0.5, 0.6) is 0 Å². The molecule has 1 saturated heterocycles. The third-order valence-electron chi connectivity index (χ3n) is 4.96. The summed E-state index contributed by atoms with van der Waals surface area (Å²) in [5.74, 6) is -1.13. The summed E-state index contributed by atoms with van der Waals surface area (Å²) in [6.45, 7) is 4.73. The van der Waals surface area contributed by atoms with Gasteiger partial charge in [-0.25, -0.2) is 8.78 Å². The standard InChI is InChI=1S/C21H22F2N4O2/c22-14-1-3-16-17(21(28)26-20(16)11-14)13-25-15-2-4-19(18(23)12-15)24-5-6-27-7-9-29-10-8-27/h1-4,11-13,24-25H,5-10H2,(H,26,28)/b17-13+. The van der Waals surface area contributed by atoms with Gasteiger partial charge in [-0.3, -0.25) is 9.69 Å². The van der Waals surface area contributed by atoms with E-state index in [1.165, 1.54) is 30.5 Å². The number of halogens is 2. The molecule has 0 aromatic heterocycles. The lowest BCUT2D eigenvalue weighted by Crippen LogP contribution is -2.39. The van der Waals surface area contributed by atoms with Crippen molar-refractivity contribution < 1.29 is 18.3 Å². The molecule has 0 atom stereocenters. The molecule has 152 valence electrons. The number of nitrogens with one attached hydrogen (secondary N) is 3. The van der Waals surface area contributed by atoms with E-state index < -0.39 is 5.82 Å². The Morgan fingerprint density at radius 1 is 1.14 bits per heavy atom. The van der Waals surface area contributed by atoms with E-state index in [1.54, 1.807) is 12.1 Å². The summed E-state index contributed by atoms with van der Waals surface area (Å²) in [5, 5.41) is 8.66. The molecule has 1 fully saturated rings. The van der Waals surface area contributed by atoms with E-state index in [0.29, 0.717) is 34.7 Å². The third-order valence-corrected chi connectivity index (χ3v) is 4.96. The summed E-state index contributed by atoms with van der Waals surface area (Å²) in [6.07, 6.45) is 1.50. The number of benzene rings is 2. The van der Waals surface area contributed by atoms with Gasteiger partial charge in [-0.05, 0) is 36.4 Å². The second-order valence-corrected chi connectivity index (χ2v) is 6.92. The monoisotopic (exact) mass is 400 g/mol. The number of anilines is 3. The zero-order valence-corrected chi connectivity index (χ0v) is 15.8. The molecule has 3 N–H and O–H groups in total. The molecule has 2 heterocycles. The Balaban J connectivity index is 1.37. The normalized spacial score (nSPS) is 17.9. The highest BCUT2D eigenvalue weighted by Gasteiger charge is 2.24. The maximum Gasteiger partial charge on any atom is 0.257 e. The molecule has 29 heavy (non-hydrogen) atoms. The second kappa shape index (κ2) is 8.59. The van der Waals surface area contributed by atoms with E-state index in [-0.39, 0.29) is 11.7 Å². The van der Waals surface area contributed by atoms with E-state index in [4.69, 9.17) is 4.74 Å². The van der Waals surface area contributed by atoms with Crippen LogP contribution in [0.1, 0.15) is 5.56 Å². The first-order valence-electron chi connectivity index (χ1n) is 9.52. The van der Waals surface area contributed by atoms with E-state index in [2.05, 4.69) is 20.9 Å². The summed E-state index contributed by atoms with van der Waals surface area (Å²) in [7, 11) is 0. The molecule has 0 spiro atoms. The number of fused-ring (bicyclic) bond motifs is 1. The van der Waals surface area contributed by atoms with Crippen molar-refractivity contribution >= 4 is 28.5 Å². The predicted octanol–water partition coefficient (Wildman–Crippen LogP) is 3.11. The highest BCUT2D eigenvalue weighted by Crippen LogP contribution is 2.32. The molecule has 0 aliphatic carbocycles. The van der Waals surface area contributed by atoms with Crippen LogP contribution in [0.2, 0.25) is 0 Å². The number of rotatable bonds is 6. The number of hydrogen-bond donors (Lipinski definition) is 3. The first kappa shape index (κ1) is 19.4. The average Bonchev–Trinajstić information content (AvgIpc) is 3.02. The molecule has 0 unspecified atom stereocenters. The molecule has 0 bridgehead atoms. The van der Waals surface area contributed by atoms with Crippen LogP contribution in [-0.2, 0) is 9.53 Å². The number of carbonyl (C=O) groups excluding carboxylic acids is 1. The van der Waals surface area contributed by atoms with Gasteiger partial charge in [0.25, 0.3) is 5.91 Å². The maximum absolute atomic E-state index is 14.4. The van der Waals surface area contributed by atoms with Gasteiger partial charge in [-0.2, -0.15) is 0 Å². The lowest BCUT2D eigenvalue weighted by atomic mass is 10.1. The third kappa shape index (κ3) is 4.55. The lowest BCUT2D eigenvalue weighted by Gasteiger charge is -2.26. The number of nitrogens with zero attached hydrogens (tertiary/aromatic N) is 1. The summed E-state index contributed by atoms with van der Waals surface area (Å²) in [6, 6.07) is 8.86. The van der Waals surface area contributed by atoms with Crippen molar-refractivity contribution in [2.24, 2.45) is 0 Å². The Bertz CT molecular complexity index is 942. The smallest absolute Gasteiger partial charge is 0.257 e. The van der Waals surface area contributed by atoms with Gasteiger partial charge in [0.1, 0.15) is 11.6 Å². The van der Waals surface area contributed by atoms with Gasteiger partial charge in [0.05, 0.1) is 30.2 Å². The van der Waals surface area contributed by atoms with Crippen molar-refractivity contribution in [3.8, 4) is 0 Å². The van der Waals surface area contributed by atoms with E-state index in [9.17, 15) is 13.6 Å². The fourth-order valence-electron chi connectivity index (χ4n) is 3.39. The fourth-order valence-corrected chi connectivity index (χ4v) is 3.39.